The van der Waals surface area contributed by atoms with E-state index in [2.05, 4.69) is 38.1 Å². The third-order valence-electron chi connectivity index (χ3n) is 5.83. The predicted molar refractivity (Wildman–Crippen MR) is 94.3 cm³/mol. The second-order valence-corrected chi connectivity index (χ2v) is 7.51. The molecule has 0 amide bonds. The minimum atomic E-state index is -0.939. The van der Waals surface area contributed by atoms with Gasteiger partial charge in [-0.2, -0.15) is 0 Å². The monoisotopic (exact) mass is 326 g/mol. The summed E-state index contributed by atoms with van der Waals surface area (Å²) in [4.78, 5) is 25.0. The molecule has 2 saturated carbocycles. The van der Waals surface area contributed by atoms with Crippen molar-refractivity contribution in [2.75, 3.05) is 7.11 Å². The summed E-state index contributed by atoms with van der Waals surface area (Å²) in [6.07, 6.45) is 4.83. The van der Waals surface area contributed by atoms with Crippen LogP contribution in [0.4, 0.5) is 0 Å². The molecular formula is C21H26O3. The Hall–Kier alpha value is -1.90. The maximum absolute atomic E-state index is 12.6. The molecule has 2 aliphatic carbocycles. The van der Waals surface area contributed by atoms with Gasteiger partial charge in [0.05, 0.1) is 7.11 Å². The first-order valence-electron chi connectivity index (χ1n) is 8.86. The fourth-order valence-electron chi connectivity index (χ4n) is 4.63. The Labute approximate surface area is 144 Å². The summed E-state index contributed by atoms with van der Waals surface area (Å²) in [6.45, 7) is 4.34. The van der Waals surface area contributed by atoms with Crippen LogP contribution in [0, 0.1) is 10.8 Å². The molecule has 3 nitrogen and oxygen atoms in total. The molecule has 2 fully saturated rings. The van der Waals surface area contributed by atoms with Crippen molar-refractivity contribution in [3.8, 4) is 0 Å². The molecule has 0 saturated heterocycles. The van der Waals surface area contributed by atoms with Crippen molar-refractivity contribution >= 4 is 17.3 Å². The van der Waals surface area contributed by atoms with Crippen LogP contribution in [0.5, 0.6) is 0 Å². The lowest BCUT2D eigenvalue weighted by Crippen LogP contribution is -2.36. The number of carbonyl (C=O) groups is 2. The van der Waals surface area contributed by atoms with Gasteiger partial charge in [0.15, 0.2) is 5.78 Å². The zero-order valence-electron chi connectivity index (χ0n) is 14.9. The van der Waals surface area contributed by atoms with Crippen LogP contribution >= 0.6 is 0 Å². The second-order valence-electron chi connectivity index (χ2n) is 7.51. The van der Waals surface area contributed by atoms with Gasteiger partial charge in [0.2, 0.25) is 0 Å². The summed E-state index contributed by atoms with van der Waals surface area (Å²) in [5, 5.41) is 0. The Morgan fingerprint density at radius 1 is 1.21 bits per heavy atom. The molecule has 0 heterocycles. The lowest BCUT2D eigenvalue weighted by atomic mass is 9.74. The number of hydrogen-bond acceptors (Lipinski definition) is 3. The van der Waals surface area contributed by atoms with E-state index in [1.165, 1.54) is 23.8 Å². The van der Waals surface area contributed by atoms with Gasteiger partial charge in [-0.05, 0) is 42.2 Å². The van der Waals surface area contributed by atoms with Crippen molar-refractivity contribution < 1.29 is 14.3 Å². The van der Waals surface area contributed by atoms with Crippen LogP contribution in [-0.4, -0.2) is 18.9 Å². The normalized spacial score (nSPS) is 30.5. The number of rotatable bonds is 5. The van der Waals surface area contributed by atoms with Crippen LogP contribution in [0.1, 0.15) is 57.9 Å². The molecule has 2 atom stereocenters. The number of Topliss-reactive ketones (excluding diaryl/α,β-unsaturated/α-hetero) is 1. The van der Waals surface area contributed by atoms with E-state index in [0.717, 1.165) is 19.3 Å². The average Bonchev–Trinajstić information content (AvgIpc) is 3.03. The lowest BCUT2D eigenvalue weighted by Gasteiger charge is -2.29. The highest BCUT2D eigenvalue weighted by molar-refractivity contribution is 6.08. The minimum absolute atomic E-state index is 0.0588. The van der Waals surface area contributed by atoms with Crippen molar-refractivity contribution in [2.45, 2.75) is 52.4 Å². The van der Waals surface area contributed by atoms with Gasteiger partial charge < -0.3 is 4.74 Å². The van der Waals surface area contributed by atoms with E-state index in [1.54, 1.807) is 0 Å². The number of ketones is 1. The molecule has 24 heavy (non-hydrogen) atoms. The smallest absolute Gasteiger partial charge is 0.319 e. The van der Waals surface area contributed by atoms with Crippen molar-refractivity contribution in [2.24, 2.45) is 10.8 Å². The van der Waals surface area contributed by atoms with Gasteiger partial charge in [0, 0.05) is 6.42 Å². The number of methoxy groups -OCH3 is 1. The molecule has 0 spiro atoms. The van der Waals surface area contributed by atoms with Gasteiger partial charge in [-0.25, -0.2) is 0 Å². The Morgan fingerprint density at radius 3 is 2.54 bits per heavy atom. The summed E-state index contributed by atoms with van der Waals surface area (Å²) in [5.74, 6) is -0.294. The molecule has 0 N–H and O–H groups in total. The molecule has 3 heteroatoms. The summed E-state index contributed by atoms with van der Waals surface area (Å²) in [5.41, 5.74) is 2.71. The molecule has 2 bridgehead atoms. The van der Waals surface area contributed by atoms with Gasteiger partial charge in [-0.3, -0.25) is 9.59 Å². The Kier molecular flexibility index (Phi) is 4.37. The van der Waals surface area contributed by atoms with Gasteiger partial charge >= 0.3 is 5.97 Å². The molecule has 2 aliphatic rings. The molecule has 128 valence electrons. The number of esters is 1. The van der Waals surface area contributed by atoms with Crippen LogP contribution in [0.15, 0.2) is 35.9 Å². The first-order valence-corrected chi connectivity index (χ1v) is 8.86. The van der Waals surface area contributed by atoms with Crippen molar-refractivity contribution in [1.82, 2.24) is 0 Å². The van der Waals surface area contributed by atoms with Gasteiger partial charge in [0.25, 0.3) is 0 Å². The maximum atomic E-state index is 12.6. The van der Waals surface area contributed by atoms with Crippen LogP contribution < -0.4 is 0 Å². The van der Waals surface area contributed by atoms with Crippen LogP contribution in [0.25, 0.3) is 5.57 Å². The fraction of sp³-hybridized carbons (Fsp3) is 0.524. The van der Waals surface area contributed by atoms with Crippen LogP contribution in [-0.2, 0) is 14.3 Å². The Bertz CT molecular complexity index is 678. The Balaban J connectivity index is 2.10. The maximum Gasteiger partial charge on any atom is 0.319 e. The van der Waals surface area contributed by atoms with E-state index in [-0.39, 0.29) is 17.2 Å². The first-order chi connectivity index (χ1) is 11.5. The van der Waals surface area contributed by atoms with Gasteiger partial charge in [0.1, 0.15) is 5.41 Å². The largest absolute Gasteiger partial charge is 0.468 e. The van der Waals surface area contributed by atoms with Crippen molar-refractivity contribution in [1.29, 1.82) is 0 Å². The van der Waals surface area contributed by atoms with Crippen LogP contribution in [0.2, 0.25) is 0 Å². The predicted octanol–water partition coefficient (Wildman–Crippen LogP) is 4.56. The van der Waals surface area contributed by atoms with E-state index in [9.17, 15) is 9.59 Å². The number of allylic oxidation sites excluding steroid dienone is 2. The Morgan fingerprint density at radius 2 is 1.92 bits per heavy atom. The molecule has 3 rings (SSSR count). The van der Waals surface area contributed by atoms with E-state index >= 15 is 0 Å². The van der Waals surface area contributed by atoms with Gasteiger partial charge in [-0.15, -0.1) is 0 Å². The molecular weight excluding hydrogens is 300 g/mol. The minimum Gasteiger partial charge on any atom is -0.468 e. The van der Waals surface area contributed by atoms with E-state index < -0.39 is 5.41 Å². The first kappa shape index (κ1) is 16.9. The summed E-state index contributed by atoms with van der Waals surface area (Å²) in [6, 6.07) is 10.4. The highest BCUT2D eigenvalue weighted by Gasteiger charge is 2.65. The second kappa shape index (κ2) is 6.19. The molecule has 0 aromatic heterocycles. The van der Waals surface area contributed by atoms with Crippen molar-refractivity contribution in [3.05, 3.63) is 41.5 Å². The number of carbonyl (C=O) groups excluding carboxylic acids is 2. The number of fused-ring (bicyclic) bond motifs is 2. The number of ether oxygens (including phenoxy) is 1. The van der Waals surface area contributed by atoms with Crippen molar-refractivity contribution in [3.63, 3.8) is 0 Å². The number of unbranched alkanes of at least 4 members (excludes halogenated alkanes) is 1. The summed E-state index contributed by atoms with van der Waals surface area (Å²) in [7, 11) is 1.39. The SMILES string of the molecule is CCCC/C(=C1\C[C@]2(C(=O)OC)C[C@@]1(C)CC2=O)c1ccccc1. The zero-order chi connectivity index (χ0) is 17.4. The van der Waals surface area contributed by atoms with Gasteiger partial charge in [-0.1, -0.05) is 56.2 Å². The van der Waals surface area contributed by atoms with E-state index in [0.29, 0.717) is 19.3 Å². The lowest BCUT2D eigenvalue weighted by molar-refractivity contribution is -0.156. The third-order valence-corrected chi connectivity index (χ3v) is 5.83. The molecule has 0 aliphatic heterocycles. The average molecular weight is 326 g/mol. The molecule has 1 aromatic carbocycles. The molecule has 0 unspecified atom stereocenters. The number of benzene rings is 1. The third kappa shape index (κ3) is 2.51. The van der Waals surface area contributed by atoms with Crippen LogP contribution in [0.3, 0.4) is 0 Å². The summed E-state index contributed by atoms with van der Waals surface area (Å²) < 4.78 is 5.00. The highest BCUT2D eigenvalue weighted by Crippen LogP contribution is 2.64. The standard InChI is InChI=1S/C21H26O3/c1-4-5-11-16(15-9-7-6-8-10-15)17-12-21(19(23)24-3)14-20(17,2)13-18(21)22/h6-10H,4-5,11-14H2,1-3H3/b17-16-/t20-,21+/m1/s1. The topological polar surface area (TPSA) is 43.4 Å². The quantitative estimate of drug-likeness (QED) is 0.588. The van der Waals surface area contributed by atoms with E-state index in [1.807, 2.05) is 6.07 Å². The number of hydrogen-bond donors (Lipinski definition) is 0. The highest BCUT2D eigenvalue weighted by atomic mass is 16.5. The zero-order valence-corrected chi connectivity index (χ0v) is 14.9. The summed E-state index contributed by atoms with van der Waals surface area (Å²) >= 11 is 0. The fourth-order valence-corrected chi connectivity index (χ4v) is 4.63. The van der Waals surface area contributed by atoms with E-state index in [4.69, 9.17) is 4.74 Å². The molecule has 0 radical (unpaired) electrons. The molecule has 1 aromatic rings.